The molecule has 8 heteroatoms. The third-order valence-electron chi connectivity index (χ3n) is 2.53. The molecule has 0 aliphatic rings. The van der Waals surface area contributed by atoms with Gasteiger partial charge in [0.15, 0.2) is 0 Å². The van der Waals surface area contributed by atoms with Crippen molar-refractivity contribution in [2.24, 2.45) is 0 Å². The molecule has 0 radical (unpaired) electrons. The first-order valence-electron chi connectivity index (χ1n) is 6.11. The second-order valence-corrected chi connectivity index (χ2v) is 4.37. The number of hydrogen-bond acceptors (Lipinski definition) is 3. The summed E-state index contributed by atoms with van der Waals surface area (Å²) in [5.74, 6) is -2.05. The number of nitrogens with one attached hydrogen (secondary N) is 2. The lowest BCUT2D eigenvalue weighted by molar-refractivity contribution is -0.142. The van der Waals surface area contributed by atoms with Crippen molar-refractivity contribution in [3.05, 3.63) is 35.9 Å². The van der Waals surface area contributed by atoms with E-state index in [4.69, 9.17) is 5.11 Å². The molecule has 0 saturated carbocycles. The summed E-state index contributed by atoms with van der Waals surface area (Å²) in [4.78, 5) is 22.5. The summed E-state index contributed by atoms with van der Waals surface area (Å²) in [5.41, 5.74) is 0.702. The molecule has 0 heterocycles. The van der Waals surface area contributed by atoms with E-state index in [0.717, 1.165) is 0 Å². The molecule has 1 unspecified atom stereocenters. The van der Waals surface area contributed by atoms with Crippen LogP contribution in [0.4, 0.5) is 13.2 Å². The average molecular weight is 304 g/mol. The number of amides is 1. The van der Waals surface area contributed by atoms with Crippen LogP contribution in [-0.2, 0) is 16.0 Å². The van der Waals surface area contributed by atoms with Gasteiger partial charge >= 0.3 is 12.1 Å². The van der Waals surface area contributed by atoms with Gasteiger partial charge in [-0.15, -0.1) is 0 Å². The average Bonchev–Trinajstić information content (AvgIpc) is 2.37. The number of alkyl halides is 3. The van der Waals surface area contributed by atoms with Crippen molar-refractivity contribution in [2.75, 3.05) is 13.1 Å². The standard InChI is InChI=1S/C13H15F3N2O3/c14-13(15,16)8-17-7-11(19)18-10(12(20)21)6-9-4-2-1-3-5-9/h1-5,10,17H,6-8H2,(H,18,19)(H,20,21). The van der Waals surface area contributed by atoms with Gasteiger partial charge in [0.05, 0.1) is 13.1 Å². The van der Waals surface area contributed by atoms with E-state index in [2.05, 4.69) is 5.32 Å². The van der Waals surface area contributed by atoms with E-state index < -0.39 is 37.2 Å². The molecule has 0 aliphatic carbocycles. The molecule has 0 aromatic heterocycles. The Labute approximate surface area is 119 Å². The molecule has 5 nitrogen and oxygen atoms in total. The zero-order chi connectivity index (χ0) is 15.9. The number of carbonyl (C=O) groups is 2. The maximum Gasteiger partial charge on any atom is 0.401 e. The highest BCUT2D eigenvalue weighted by Gasteiger charge is 2.27. The molecule has 0 spiro atoms. The van der Waals surface area contributed by atoms with Crippen molar-refractivity contribution in [1.29, 1.82) is 0 Å². The van der Waals surface area contributed by atoms with Crippen LogP contribution >= 0.6 is 0 Å². The van der Waals surface area contributed by atoms with Crippen LogP contribution in [0.1, 0.15) is 5.56 Å². The Hall–Kier alpha value is -2.09. The van der Waals surface area contributed by atoms with Gasteiger partial charge in [-0.3, -0.25) is 4.79 Å². The molecule has 1 amide bonds. The fraction of sp³-hybridized carbons (Fsp3) is 0.385. The zero-order valence-electron chi connectivity index (χ0n) is 11.0. The van der Waals surface area contributed by atoms with E-state index in [-0.39, 0.29) is 6.42 Å². The summed E-state index contributed by atoms with van der Waals surface area (Å²) in [6.45, 7) is -1.91. The maximum absolute atomic E-state index is 11.9. The number of aliphatic carboxylic acids is 1. The van der Waals surface area contributed by atoms with Crippen molar-refractivity contribution in [3.63, 3.8) is 0 Å². The Morgan fingerprint density at radius 2 is 1.81 bits per heavy atom. The molecule has 116 valence electrons. The smallest absolute Gasteiger partial charge is 0.401 e. The molecule has 0 aliphatic heterocycles. The van der Waals surface area contributed by atoms with Crippen LogP contribution in [0.25, 0.3) is 0 Å². The van der Waals surface area contributed by atoms with Gasteiger partial charge < -0.3 is 15.7 Å². The van der Waals surface area contributed by atoms with E-state index in [0.29, 0.717) is 5.56 Å². The summed E-state index contributed by atoms with van der Waals surface area (Å²) in [6.07, 6.45) is -4.36. The number of hydrogen-bond donors (Lipinski definition) is 3. The minimum absolute atomic E-state index is 0.0567. The number of carboxylic acid groups (broad SMARTS) is 1. The van der Waals surface area contributed by atoms with E-state index in [1.165, 1.54) is 0 Å². The Morgan fingerprint density at radius 1 is 1.19 bits per heavy atom. The van der Waals surface area contributed by atoms with Gasteiger partial charge in [-0.05, 0) is 5.56 Å². The van der Waals surface area contributed by atoms with Crippen LogP contribution in [0, 0.1) is 0 Å². The summed E-state index contributed by atoms with van der Waals surface area (Å²) >= 11 is 0. The summed E-state index contributed by atoms with van der Waals surface area (Å²) in [5, 5.41) is 13.1. The van der Waals surface area contributed by atoms with E-state index in [9.17, 15) is 22.8 Å². The van der Waals surface area contributed by atoms with E-state index in [1.807, 2.05) is 5.32 Å². The Bertz CT molecular complexity index is 477. The van der Waals surface area contributed by atoms with Crippen LogP contribution in [0.3, 0.4) is 0 Å². The van der Waals surface area contributed by atoms with Crippen LogP contribution < -0.4 is 10.6 Å². The lowest BCUT2D eigenvalue weighted by Crippen LogP contribution is -2.46. The molecule has 21 heavy (non-hydrogen) atoms. The minimum Gasteiger partial charge on any atom is -0.480 e. The van der Waals surface area contributed by atoms with Gasteiger partial charge in [0.1, 0.15) is 6.04 Å². The monoisotopic (exact) mass is 304 g/mol. The van der Waals surface area contributed by atoms with Crippen molar-refractivity contribution in [1.82, 2.24) is 10.6 Å². The number of carboxylic acids is 1. The first kappa shape index (κ1) is 17.0. The van der Waals surface area contributed by atoms with Crippen LogP contribution in [0.5, 0.6) is 0 Å². The summed E-state index contributed by atoms with van der Waals surface area (Å²) in [6, 6.07) is 7.42. The third kappa shape index (κ3) is 7.31. The minimum atomic E-state index is -4.42. The number of rotatable bonds is 7. The fourth-order valence-electron chi connectivity index (χ4n) is 1.61. The molecular formula is C13H15F3N2O3. The Kier molecular flexibility index (Phi) is 6.16. The van der Waals surface area contributed by atoms with Gasteiger partial charge in [0, 0.05) is 6.42 Å². The lowest BCUT2D eigenvalue weighted by atomic mass is 10.1. The molecule has 0 fully saturated rings. The van der Waals surface area contributed by atoms with Gasteiger partial charge in [-0.1, -0.05) is 30.3 Å². The summed E-state index contributed by atoms with van der Waals surface area (Å²) in [7, 11) is 0. The third-order valence-corrected chi connectivity index (χ3v) is 2.53. The van der Waals surface area contributed by atoms with E-state index in [1.54, 1.807) is 30.3 Å². The first-order valence-corrected chi connectivity index (χ1v) is 6.11. The van der Waals surface area contributed by atoms with Crippen molar-refractivity contribution < 1.29 is 27.9 Å². The molecule has 1 rings (SSSR count). The van der Waals surface area contributed by atoms with Gasteiger partial charge in [0.25, 0.3) is 0 Å². The Balaban J connectivity index is 2.47. The molecular weight excluding hydrogens is 289 g/mol. The quantitative estimate of drug-likeness (QED) is 0.701. The first-order chi connectivity index (χ1) is 9.78. The zero-order valence-corrected chi connectivity index (χ0v) is 11.0. The lowest BCUT2D eigenvalue weighted by Gasteiger charge is -2.15. The highest BCUT2D eigenvalue weighted by Crippen LogP contribution is 2.11. The molecule has 0 bridgehead atoms. The predicted molar refractivity (Wildman–Crippen MR) is 68.6 cm³/mol. The highest BCUT2D eigenvalue weighted by molar-refractivity contribution is 5.84. The van der Waals surface area contributed by atoms with Gasteiger partial charge in [0.2, 0.25) is 5.91 Å². The molecule has 3 N–H and O–H groups in total. The van der Waals surface area contributed by atoms with Crippen LogP contribution in [-0.4, -0.2) is 42.3 Å². The second-order valence-electron chi connectivity index (χ2n) is 4.37. The molecule has 0 saturated heterocycles. The molecule has 1 aromatic rings. The normalized spacial score (nSPS) is 12.7. The Morgan fingerprint density at radius 3 is 2.33 bits per heavy atom. The second kappa shape index (κ2) is 7.63. The molecule has 1 atom stereocenters. The SMILES string of the molecule is O=C(CNCC(F)(F)F)NC(Cc1ccccc1)C(=O)O. The van der Waals surface area contributed by atoms with Crippen molar-refractivity contribution >= 4 is 11.9 Å². The van der Waals surface area contributed by atoms with Gasteiger partial charge in [-0.2, -0.15) is 13.2 Å². The maximum atomic E-state index is 11.9. The largest absolute Gasteiger partial charge is 0.480 e. The number of benzene rings is 1. The van der Waals surface area contributed by atoms with Crippen molar-refractivity contribution in [2.45, 2.75) is 18.6 Å². The fourth-order valence-corrected chi connectivity index (χ4v) is 1.61. The van der Waals surface area contributed by atoms with Crippen molar-refractivity contribution in [3.8, 4) is 0 Å². The number of halogens is 3. The predicted octanol–water partition coefficient (Wildman–Crippen LogP) is 0.950. The number of carbonyl (C=O) groups excluding carboxylic acids is 1. The highest BCUT2D eigenvalue weighted by atomic mass is 19.4. The molecule has 1 aromatic carbocycles. The summed E-state index contributed by atoms with van der Waals surface area (Å²) < 4.78 is 35.7. The van der Waals surface area contributed by atoms with Crippen LogP contribution in [0.15, 0.2) is 30.3 Å². The topological polar surface area (TPSA) is 78.4 Å². The van der Waals surface area contributed by atoms with Crippen LogP contribution in [0.2, 0.25) is 0 Å². The van der Waals surface area contributed by atoms with Gasteiger partial charge in [-0.25, -0.2) is 4.79 Å². The van der Waals surface area contributed by atoms with E-state index >= 15 is 0 Å².